The average molecular weight is 444 g/mol. The second kappa shape index (κ2) is 8.34. The molecule has 2 fully saturated rings. The number of carbonyl (C=O) groups excluding carboxylic acids is 1. The van der Waals surface area contributed by atoms with Crippen LogP contribution in [0.15, 0.2) is 48.5 Å². The molecule has 2 atom stereocenters. The van der Waals surface area contributed by atoms with E-state index in [1.807, 2.05) is 23.1 Å². The van der Waals surface area contributed by atoms with E-state index in [0.29, 0.717) is 25.1 Å². The highest BCUT2D eigenvalue weighted by molar-refractivity contribution is 5.82. The number of alkyl halides is 3. The van der Waals surface area contributed by atoms with Crippen LogP contribution in [0.2, 0.25) is 0 Å². The highest BCUT2D eigenvalue weighted by Crippen LogP contribution is 2.40. The fourth-order valence-electron chi connectivity index (χ4n) is 5.51. The lowest BCUT2D eigenvalue weighted by Crippen LogP contribution is -2.61. The largest absolute Gasteiger partial charge is 0.416 e. The minimum Gasteiger partial charge on any atom is -0.368 e. The van der Waals surface area contributed by atoms with Gasteiger partial charge in [-0.05, 0) is 61.6 Å². The molecule has 32 heavy (non-hydrogen) atoms. The van der Waals surface area contributed by atoms with E-state index in [9.17, 15) is 18.0 Å². The summed E-state index contributed by atoms with van der Waals surface area (Å²) in [6.45, 7) is 3.64. The number of fused-ring (bicyclic) bond motifs is 3. The first-order chi connectivity index (χ1) is 15.4. The third kappa shape index (κ3) is 3.93. The highest BCUT2D eigenvalue weighted by atomic mass is 19.4. The number of para-hydroxylation sites is 1. The predicted octanol–water partition coefficient (Wildman–Crippen LogP) is 4.59. The van der Waals surface area contributed by atoms with Gasteiger partial charge in [0, 0.05) is 44.1 Å². The fraction of sp³-hybridized carbons (Fsp3) is 0.480. The van der Waals surface area contributed by atoms with Gasteiger partial charge in [0.1, 0.15) is 0 Å². The maximum absolute atomic E-state index is 13.6. The van der Waals surface area contributed by atoms with Gasteiger partial charge in [-0.15, -0.1) is 0 Å². The van der Waals surface area contributed by atoms with Crippen LogP contribution in [0.25, 0.3) is 0 Å². The molecule has 3 heterocycles. The molecule has 4 nitrogen and oxygen atoms in total. The van der Waals surface area contributed by atoms with Gasteiger partial charge in [-0.2, -0.15) is 13.2 Å². The van der Waals surface area contributed by atoms with Gasteiger partial charge in [-0.3, -0.25) is 4.79 Å². The maximum Gasteiger partial charge on any atom is 0.416 e. The monoisotopic (exact) mass is 443 g/mol. The number of nitrogens with zero attached hydrogens (tertiary/aromatic N) is 3. The number of carbonyl (C=O) groups is 1. The lowest BCUT2D eigenvalue weighted by molar-refractivity contribution is -0.137. The van der Waals surface area contributed by atoms with E-state index in [1.165, 1.54) is 12.1 Å². The second-order valence-electron chi connectivity index (χ2n) is 9.08. The van der Waals surface area contributed by atoms with Crippen molar-refractivity contribution in [2.24, 2.45) is 5.92 Å². The molecule has 0 saturated carbocycles. The predicted molar refractivity (Wildman–Crippen MR) is 119 cm³/mol. The zero-order valence-corrected chi connectivity index (χ0v) is 18.0. The van der Waals surface area contributed by atoms with Crippen molar-refractivity contribution < 1.29 is 18.0 Å². The summed E-state index contributed by atoms with van der Waals surface area (Å²) in [5.74, 6) is -0.242. The minimum atomic E-state index is -4.38. The minimum absolute atomic E-state index is 0.0531. The molecule has 0 aromatic heterocycles. The number of piperazine rings is 1. The standard InChI is InChI=1S/C25H28F3N3O/c26-25(27,28)19-9-10-22-18(15-19)16-21(24(32)29-11-5-2-6-12-29)23-17-30(13-14-31(22)23)20-7-3-1-4-8-20/h1,3-4,7-10,15,21,23H,2,5-6,11-14,16-17H2/t21-,23-/m0/s1. The van der Waals surface area contributed by atoms with Crippen molar-refractivity contribution in [2.45, 2.75) is 37.9 Å². The van der Waals surface area contributed by atoms with Gasteiger partial charge in [0.25, 0.3) is 0 Å². The van der Waals surface area contributed by atoms with Gasteiger partial charge in [0.15, 0.2) is 0 Å². The first-order valence-electron chi connectivity index (χ1n) is 11.5. The molecule has 170 valence electrons. The third-order valence-corrected chi connectivity index (χ3v) is 7.15. The Kier molecular flexibility index (Phi) is 5.51. The molecule has 5 rings (SSSR count). The Morgan fingerprint density at radius 1 is 0.906 bits per heavy atom. The van der Waals surface area contributed by atoms with E-state index in [2.05, 4.69) is 21.9 Å². The summed E-state index contributed by atoms with van der Waals surface area (Å²) in [6, 6.07) is 14.1. The summed E-state index contributed by atoms with van der Waals surface area (Å²) >= 11 is 0. The summed E-state index contributed by atoms with van der Waals surface area (Å²) in [7, 11) is 0. The molecule has 2 aromatic carbocycles. The zero-order chi connectivity index (χ0) is 22.3. The summed E-state index contributed by atoms with van der Waals surface area (Å²) in [5, 5.41) is 0. The summed E-state index contributed by atoms with van der Waals surface area (Å²) < 4.78 is 40.1. The third-order valence-electron chi connectivity index (χ3n) is 7.15. The normalized spacial score (nSPS) is 23.5. The van der Waals surface area contributed by atoms with E-state index >= 15 is 0 Å². The molecule has 1 amide bonds. The van der Waals surface area contributed by atoms with Crippen molar-refractivity contribution in [1.82, 2.24) is 4.90 Å². The lowest BCUT2D eigenvalue weighted by atomic mass is 9.82. The zero-order valence-electron chi connectivity index (χ0n) is 18.0. The number of halogens is 3. The van der Waals surface area contributed by atoms with Gasteiger partial charge in [0.05, 0.1) is 17.5 Å². The summed E-state index contributed by atoms with van der Waals surface area (Å²) in [6.07, 6.45) is -0.901. The van der Waals surface area contributed by atoms with Gasteiger partial charge in [0.2, 0.25) is 5.91 Å². The number of amides is 1. The molecule has 0 unspecified atom stereocenters. The van der Waals surface area contributed by atoms with Gasteiger partial charge >= 0.3 is 6.18 Å². The molecule has 0 bridgehead atoms. The molecule has 3 aliphatic heterocycles. The van der Waals surface area contributed by atoms with E-state index < -0.39 is 11.7 Å². The molecule has 3 aliphatic rings. The van der Waals surface area contributed by atoms with Crippen molar-refractivity contribution >= 4 is 17.3 Å². The van der Waals surface area contributed by atoms with E-state index in [0.717, 1.165) is 50.3 Å². The SMILES string of the molecule is O=C([C@H]1Cc2cc(C(F)(F)F)ccc2N2CCN(c3ccccc3)C[C@@H]12)N1CCCCC1. The number of piperidine rings is 1. The Hall–Kier alpha value is -2.70. The van der Waals surface area contributed by atoms with Crippen LogP contribution in [0.4, 0.5) is 24.5 Å². The first-order valence-corrected chi connectivity index (χ1v) is 11.5. The number of rotatable bonds is 2. The number of hydrogen-bond acceptors (Lipinski definition) is 3. The average Bonchev–Trinajstić information content (AvgIpc) is 2.83. The Bertz CT molecular complexity index is 972. The molecule has 7 heteroatoms. The van der Waals surface area contributed by atoms with Gasteiger partial charge in [-0.25, -0.2) is 0 Å². The maximum atomic E-state index is 13.6. The first kappa shape index (κ1) is 21.2. The van der Waals surface area contributed by atoms with Crippen LogP contribution in [0, 0.1) is 5.92 Å². The molecule has 2 aromatic rings. The molecular weight excluding hydrogens is 415 g/mol. The Morgan fingerprint density at radius 2 is 1.66 bits per heavy atom. The van der Waals surface area contributed by atoms with Crippen LogP contribution < -0.4 is 9.80 Å². The molecular formula is C25H28F3N3O. The molecule has 0 N–H and O–H groups in total. The molecule has 2 saturated heterocycles. The van der Waals surface area contributed by atoms with Crippen LogP contribution in [-0.4, -0.2) is 49.6 Å². The summed E-state index contributed by atoms with van der Waals surface area (Å²) in [4.78, 5) is 20.0. The van der Waals surface area contributed by atoms with Crippen molar-refractivity contribution in [3.8, 4) is 0 Å². The number of anilines is 2. The van der Waals surface area contributed by atoms with Crippen molar-refractivity contribution in [1.29, 1.82) is 0 Å². The van der Waals surface area contributed by atoms with E-state index in [1.54, 1.807) is 6.07 Å². The van der Waals surface area contributed by atoms with Gasteiger partial charge < -0.3 is 14.7 Å². The Labute approximate surface area is 186 Å². The van der Waals surface area contributed by atoms with Gasteiger partial charge in [-0.1, -0.05) is 18.2 Å². The number of hydrogen-bond donors (Lipinski definition) is 0. The van der Waals surface area contributed by atoms with Crippen LogP contribution in [-0.2, 0) is 17.4 Å². The smallest absolute Gasteiger partial charge is 0.368 e. The number of likely N-dealkylation sites (tertiary alicyclic amines) is 1. The van der Waals surface area contributed by atoms with E-state index in [4.69, 9.17) is 0 Å². The summed E-state index contributed by atoms with van der Waals surface area (Å²) in [5.41, 5.74) is 1.97. The molecule has 0 aliphatic carbocycles. The van der Waals surface area contributed by atoms with Crippen molar-refractivity contribution in [3.63, 3.8) is 0 Å². The Balaban J connectivity index is 1.49. The van der Waals surface area contributed by atoms with Crippen molar-refractivity contribution in [3.05, 3.63) is 59.7 Å². The fourth-order valence-corrected chi connectivity index (χ4v) is 5.51. The quantitative estimate of drug-likeness (QED) is 0.680. The van der Waals surface area contributed by atoms with Crippen molar-refractivity contribution in [2.75, 3.05) is 42.5 Å². The topological polar surface area (TPSA) is 26.8 Å². The highest BCUT2D eigenvalue weighted by Gasteiger charge is 2.44. The molecule has 0 spiro atoms. The number of benzene rings is 2. The molecule has 0 radical (unpaired) electrons. The van der Waals surface area contributed by atoms with Crippen LogP contribution >= 0.6 is 0 Å². The Morgan fingerprint density at radius 3 is 2.38 bits per heavy atom. The van der Waals surface area contributed by atoms with E-state index in [-0.39, 0.29) is 17.9 Å². The lowest BCUT2D eigenvalue weighted by Gasteiger charge is -2.50. The second-order valence-corrected chi connectivity index (χ2v) is 9.08. The van der Waals surface area contributed by atoms with Crippen LogP contribution in [0.1, 0.15) is 30.4 Å². The van der Waals surface area contributed by atoms with Crippen LogP contribution in [0.3, 0.4) is 0 Å². The van der Waals surface area contributed by atoms with Crippen LogP contribution in [0.5, 0.6) is 0 Å².